The predicted octanol–water partition coefficient (Wildman–Crippen LogP) is 0.831. The smallest absolute Gasteiger partial charge is 0.192 e. The van der Waals surface area contributed by atoms with E-state index in [1.807, 2.05) is 17.8 Å². The third kappa shape index (κ3) is 2.86. The average molecular weight is 266 g/mol. The minimum absolute atomic E-state index is 0.0741. The molecule has 96 valence electrons. The van der Waals surface area contributed by atoms with Crippen LogP contribution in [-0.4, -0.2) is 29.2 Å². The Morgan fingerprint density at radius 1 is 1.33 bits per heavy atom. The lowest BCUT2D eigenvalue weighted by Crippen LogP contribution is -2.06. The van der Waals surface area contributed by atoms with Crippen LogP contribution in [0.5, 0.6) is 0 Å². The van der Waals surface area contributed by atoms with Crippen molar-refractivity contribution < 1.29 is 8.42 Å². The number of nitrogens with one attached hydrogen (secondary N) is 1. The van der Waals surface area contributed by atoms with Crippen LogP contribution in [0.4, 0.5) is 5.69 Å². The molecule has 0 radical (unpaired) electrons. The van der Waals surface area contributed by atoms with E-state index in [0.29, 0.717) is 6.54 Å². The molecule has 0 bridgehead atoms. The van der Waals surface area contributed by atoms with E-state index < -0.39 is 9.84 Å². The van der Waals surface area contributed by atoms with Crippen LogP contribution < -0.4 is 5.32 Å². The fourth-order valence-electron chi connectivity index (χ4n) is 1.45. The third-order valence-electron chi connectivity index (χ3n) is 2.49. The summed E-state index contributed by atoms with van der Waals surface area (Å²) >= 11 is 0. The molecule has 0 fully saturated rings. The van der Waals surface area contributed by atoms with Gasteiger partial charge in [0.15, 0.2) is 14.9 Å². The first-order valence-corrected chi connectivity index (χ1v) is 7.22. The molecule has 2 heterocycles. The maximum atomic E-state index is 11.2. The molecule has 2 aromatic rings. The average Bonchev–Trinajstić information content (AvgIpc) is 2.72. The molecule has 0 aliphatic carbocycles. The quantitative estimate of drug-likeness (QED) is 0.887. The molecule has 0 aliphatic rings. The van der Waals surface area contributed by atoms with Crippen LogP contribution in [0.15, 0.2) is 35.7 Å². The molecule has 0 aliphatic heterocycles. The van der Waals surface area contributed by atoms with Gasteiger partial charge in [-0.05, 0) is 12.1 Å². The highest BCUT2D eigenvalue weighted by Gasteiger charge is 2.08. The molecular weight excluding hydrogens is 252 g/mol. The van der Waals surface area contributed by atoms with E-state index in [9.17, 15) is 8.42 Å². The van der Waals surface area contributed by atoms with Gasteiger partial charge in [-0.2, -0.15) is 0 Å². The van der Waals surface area contributed by atoms with E-state index in [-0.39, 0.29) is 5.03 Å². The van der Waals surface area contributed by atoms with Crippen LogP contribution in [0.25, 0.3) is 0 Å². The molecule has 0 saturated heterocycles. The van der Waals surface area contributed by atoms with Crippen LogP contribution in [-0.2, 0) is 23.4 Å². The number of hydrogen-bond donors (Lipinski definition) is 1. The molecule has 0 atom stereocenters. The number of aromatic nitrogens is 3. The Balaban J connectivity index is 2.05. The van der Waals surface area contributed by atoms with Gasteiger partial charge in [-0.1, -0.05) is 0 Å². The number of pyridine rings is 1. The van der Waals surface area contributed by atoms with Crippen LogP contribution in [0.2, 0.25) is 0 Å². The van der Waals surface area contributed by atoms with Gasteiger partial charge in [-0.15, -0.1) is 0 Å². The van der Waals surface area contributed by atoms with Crippen molar-refractivity contribution in [2.75, 3.05) is 11.6 Å². The number of sulfone groups is 1. The monoisotopic (exact) mass is 266 g/mol. The number of rotatable bonds is 4. The Morgan fingerprint density at radius 3 is 2.61 bits per heavy atom. The molecule has 2 aromatic heterocycles. The topological polar surface area (TPSA) is 76.9 Å². The van der Waals surface area contributed by atoms with Gasteiger partial charge in [0.05, 0.1) is 18.4 Å². The summed E-state index contributed by atoms with van der Waals surface area (Å²) in [7, 11) is -1.33. The number of hydrogen-bond acceptors (Lipinski definition) is 5. The summed E-state index contributed by atoms with van der Waals surface area (Å²) in [5, 5.41) is 3.20. The van der Waals surface area contributed by atoms with Gasteiger partial charge < -0.3 is 9.88 Å². The maximum Gasteiger partial charge on any atom is 0.192 e. The lowest BCUT2D eigenvalue weighted by molar-refractivity contribution is 0.598. The van der Waals surface area contributed by atoms with Crippen molar-refractivity contribution in [1.29, 1.82) is 0 Å². The Labute approximate surface area is 106 Å². The molecule has 0 aromatic carbocycles. The molecular formula is C11H14N4O2S. The molecule has 18 heavy (non-hydrogen) atoms. The van der Waals surface area contributed by atoms with Gasteiger partial charge in [0.2, 0.25) is 0 Å². The van der Waals surface area contributed by atoms with Crippen molar-refractivity contribution in [3.63, 3.8) is 0 Å². The normalized spacial score (nSPS) is 11.4. The zero-order chi connectivity index (χ0) is 13.2. The summed E-state index contributed by atoms with van der Waals surface area (Å²) in [4.78, 5) is 8.07. The summed E-state index contributed by atoms with van der Waals surface area (Å²) in [5.41, 5.74) is 0.755. The van der Waals surface area contributed by atoms with Gasteiger partial charge >= 0.3 is 0 Å². The molecule has 7 heteroatoms. The highest BCUT2D eigenvalue weighted by atomic mass is 32.2. The summed E-state index contributed by atoms with van der Waals surface area (Å²) in [6.07, 6.45) is 6.22. The molecule has 0 spiro atoms. The summed E-state index contributed by atoms with van der Waals surface area (Å²) < 4.78 is 24.4. The van der Waals surface area contributed by atoms with Gasteiger partial charge in [-0.25, -0.2) is 18.4 Å². The van der Waals surface area contributed by atoms with Crippen molar-refractivity contribution in [1.82, 2.24) is 14.5 Å². The van der Waals surface area contributed by atoms with Crippen molar-refractivity contribution in [2.45, 2.75) is 11.6 Å². The van der Waals surface area contributed by atoms with Gasteiger partial charge in [0, 0.05) is 25.7 Å². The number of anilines is 1. The van der Waals surface area contributed by atoms with Gasteiger partial charge in [0.25, 0.3) is 0 Å². The highest BCUT2D eigenvalue weighted by Crippen LogP contribution is 2.11. The van der Waals surface area contributed by atoms with Gasteiger partial charge in [0.1, 0.15) is 5.82 Å². The molecule has 2 rings (SSSR count). The summed E-state index contributed by atoms with van der Waals surface area (Å²) in [6, 6.07) is 3.17. The number of nitrogens with zero attached hydrogens (tertiary/aromatic N) is 3. The van der Waals surface area contributed by atoms with E-state index in [1.165, 1.54) is 12.3 Å². The summed E-state index contributed by atoms with van der Waals surface area (Å²) in [6.45, 7) is 0.559. The lowest BCUT2D eigenvalue weighted by atomic mass is 10.4. The zero-order valence-corrected chi connectivity index (χ0v) is 11.0. The van der Waals surface area contributed by atoms with E-state index >= 15 is 0 Å². The minimum Gasteiger partial charge on any atom is -0.377 e. The first-order valence-electron chi connectivity index (χ1n) is 5.33. The van der Waals surface area contributed by atoms with E-state index in [2.05, 4.69) is 15.3 Å². The first kappa shape index (κ1) is 12.6. The predicted molar refractivity (Wildman–Crippen MR) is 67.9 cm³/mol. The Kier molecular flexibility index (Phi) is 3.33. The maximum absolute atomic E-state index is 11.2. The SMILES string of the molecule is Cn1ccnc1CNc1ccc(S(C)(=O)=O)nc1. The van der Waals surface area contributed by atoms with Crippen molar-refractivity contribution in [2.24, 2.45) is 7.05 Å². The van der Waals surface area contributed by atoms with Crippen molar-refractivity contribution >= 4 is 15.5 Å². The minimum atomic E-state index is -3.24. The van der Waals surface area contributed by atoms with Crippen LogP contribution >= 0.6 is 0 Å². The van der Waals surface area contributed by atoms with E-state index in [0.717, 1.165) is 17.8 Å². The van der Waals surface area contributed by atoms with Gasteiger partial charge in [-0.3, -0.25) is 0 Å². The Bertz CT molecular complexity index is 631. The second kappa shape index (κ2) is 4.77. The standard InChI is InChI=1S/C11H14N4O2S/c1-15-6-5-12-10(15)8-13-9-3-4-11(14-7-9)18(2,16)17/h3-7,13H,8H2,1-2H3. The second-order valence-corrected chi connectivity index (χ2v) is 5.93. The zero-order valence-electron chi connectivity index (χ0n) is 10.2. The van der Waals surface area contributed by atoms with Crippen molar-refractivity contribution in [3.8, 4) is 0 Å². The van der Waals surface area contributed by atoms with E-state index in [4.69, 9.17) is 0 Å². The number of aryl methyl sites for hydroxylation is 1. The third-order valence-corrected chi connectivity index (χ3v) is 3.49. The first-order chi connectivity index (χ1) is 8.47. The number of imidazole rings is 1. The fraction of sp³-hybridized carbons (Fsp3) is 0.273. The Morgan fingerprint density at radius 2 is 2.11 bits per heavy atom. The molecule has 6 nitrogen and oxygen atoms in total. The lowest BCUT2D eigenvalue weighted by Gasteiger charge is -2.06. The highest BCUT2D eigenvalue weighted by molar-refractivity contribution is 7.90. The molecule has 0 unspecified atom stereocenters. The largest absolute Gasteiger partial charge is 0.377 e. The summed E-state index contributed by atoms with van der Waals surface area (Å²) in [5.74, 6) is 0.891. The van der Waals surface area contributed by atoms with Crippen LogP contribution in [0, 0.1) is 0 Å². The van der Waals surface area contributed by atoms with E-state index in [1.54, 1.807) is 12.3 Å². The second-order valence-electron chi connectivity index (χ2n) is 3.97. The Hall–Kier alpha value is -1.89. The molecule has 0 saturated carbocycles. The van der Waals surface area contributed by atoms with Crippen molar-refractivity contribution in [3.05, 3.63) is 36.5 Å². The molecule has 1 N–H and O–H groups in total. The fourth-order valence-corrected chi connectivity index (χ4v) is 2.01. The van der Waals surface area contributed by atoms with Crippen LogP contribution in [0.1, 0.15) is 5.82 Å². The van der Waals surface area contributed by atoms with Crippen LogP contribution in [0.3, 0.4) is 0 Å². The molecule has 0 amide bonds.